The summed E-state index contributed by atoms with van der Waals surface area (Å²) in [6, 6.07) is 6.13. The normalized spacial score (nSPS) is 9.87. The Morgan fingerprint density at radius 1 is 1.22 bits per heavy atom. The molecule has 126 valence electrons. The molecule has 1 rings (SSSR count). The van der Waals surface area contributed by atoms with Crippen molar-refractivity contribution in [1.82, 2.24) is 10.6 Å². The van der Waals surface area contributed by atoms with Crippen LogP contribution in [0.4, 0.5) is 10.5 Å². The summed E-state index contributed by atoms with van der Waals surface area (Å²) in [4.78, 5) is 36.6. The van der Waals surface area contributed by atoms with Gasteiger partial charge in [-0.3, -0.25) is 10.1 Å². The molecule has 3 amide bonds. The Kier molecular flexibility index (Phi) is 7.55. The fraction of sp³-hybridized carbons (Fsp3) is 0.400. The third-order valence-electron chi connectivity index (χ3n) is 2.78. The zero-order chi connectivity index (χ0) is 17.2. The first-order valence-corrected chi connectivity index (χ1v) is 6.95. The van der Waals surface area contributed by atoms with Crippen LogP contribution in [0.15, 0.2) is 24.3 Å². The van der Waals surface area contributed by atoms with Gasteiger partial charge in [-0.1, -0.05) is 6.07 Å². The molecule has 0 saturated heterocycles. The SMILES string of the molecule is COCCNC(=O)NC(=O)COC(=O)c1cccc(N(C)C)c1. The number of nitrogens with zero attached hydrogens (tertiary/aromatic N) is 1. The molecule has 1 aromatic rings. The van der Waals surface area contributed by atoms with Gasteiger partial charge in [-0.25, -0.2) is 9.59 Å². The Balaban J connectivity index is 2.42. The van der Waals surface area contributed by atoms with Crippen LogP contribution in [0.3, 0.4) is 0 Å². The number of imide groups is 1. The van der Waals surface area contributed by atoms with Gasteiger partial charge >= 0.3 is 12.0 Å². The molecule has 0 heterocycles. The number of hydrogen-bond donors (Lipinski definition) is 2. The molecule has 8 nitrogen and oxygen atoms in total. The number of amides is 3. The highest BCUT2D eigenvalue weighted by atomic mass is 16.5. The molecule has 1 aromatic carbocycles. The van der Waals surface area contributed by atoms with Gasteiger partial charge in [0, 0.05) is 33.4 Å². The summed E-state index contributed by atoms with van der Waals surface area (Å²) in [5, 5.41) is 4.46. The lowest BCUT2D eigenvalue weighted by Gasteiger charge is -2.13. The van der Waals surface area contributed by atoms with Crippen LogP contribution in [0.1, 0.15) is 10.4 Å². The Hall–Kier alpha value is -2.61. The average Bonchev–Trinajstić information content (AvgIpc) is 2.53. The first kappa shape index (κ1) is 18.4. The Labute approximate surface area is 134 Å². The van der Waals surface area contributed by atoms with Gasteiger partial charge in [-0.15, -0.1) is 0 Å². The predicted octanol–water partition coefficient (Wildman–Crippen LogP) is 0.382. The molecule has 2 N–H and O–H groups in total. The van der Waals surface area contributed by atoms with Crippen molar-refractivity contribution in [3.05, 3.63) is 29.8 Å². The monoisotopic (exact) mass is 323 g/mol. The van der Waals surface area contributed by atoms with Gasteiger partial charge in [0.05, 0.1) is 12.2 Å². The molecule has 0 aliphatic heterocycles. The quantitative estimate of drug-likeness (QED) is 0.556. The highest BCUT2D eigenvalue weighted by Crippen LogP contribution is 2.14. The van der Waals surface area contributed by atoms with Crippen LogP contribution >= 0.6 is 0 Å². The van der Waals surface area contributed by atoms with Gasteiger partial charge in [-0.2, -0.15) is 0 Å². The number of anilines is 1. The van der Waals surface area contributed by atoms with Gasteiger partial charge in [0.25, 0.3) is 5.91 Å². The van der Waals surface area contributed by atoms with Gasteiger partial charge in [-0.05, 0) is 18.2 Å². The molecule has 0 saturated carbocycles. The summed E-state index contributed by atoms with van der Waals surface area (Å²) in [6.07, 6.45) is 0. The fourth-order valence-corrected chi connectivity index (χ4v) is 1.60. The molecule has 0 unspecified atom stereocenters. The number of esters is 1. The maximum atomic E-state index is 11.9. The van der Waals surface area contributed by atoms with E-state index < -0.39 is 24.5 Å². The van der Waals surface area contributed by atoms with Crippen LogP contribution < -0.4 is 15.5 Å². The summed E-state index contributed by atoms with van der Waals surface area (Å²) >= 11 is 0. The van der Waals surface area contributed by atoms with Crippen molar-refractivity contribution in [3.63, 3.8) is 0 Å². The van der Waals surface area contributed by atoms with E-state index in [2.05, 4.69) is 5.32 Å². The van der Waals surface area contributed by atoms with Crippen LogP contribution in [-0.2, 0) is 14.3 Å². The van der Waals surface area contributed by atoms with Crippen molar-refractivity contribution in [2.45, 2.75) is 0 Å². The second-order valence-corrected chi connectivity index (χ2v) is 4.82. The van der Waals surface area contributed by atoms with Crippen molar-refractivity contribution in [2.75, 3.05) is 45.9 Å². The van der Waals surface area contributed by atoms with E-state index in [-0.39, 0.29) is 6.54 Å². The number of nitrogens with one attached hydrogen (secondary N) is 2. The lowest BCUT2D eigenvalue weighted by Crippen LogP contribution is -2.42. The van der Waals surface area contributed by atoms with Crippen molar-refractivity contribution in [3.8, 4) is 0 Å². The molecule has 0 bridgehead atoms. The van der Waals surface area contributed by atoms with Crippen molar-refractivity contribution in [2.24, 2.45) is 0 Å². The highest BCUT2D eigenvalue weighted by Gasteiger charge is 2.13. The smallest absolute Gasteiger partial charge is 0.338 e. The topological polar surface area (TPSA) is 97.0 Å². The summed E-state index contributed by atoms with van der Waals surface area (Å²) < 4.78 is 9.63. The van der Waals surface area contributed by atoms with Crippen LogP contribution in [0.25, 0.3) is 0 Å². The Bertz CT molecular complexity index is 560. The standard InChI is InChI=1S/C15H21N3O5/c1-18(2)12-6-4-5-11(9-12)14(20)23-10-13(19)17-15(21)16-7-8-22-3/h4-6,9H,7-8,10H2,1-3H3,(H2,16,17,19,21). The Morgan fingerprint density at radius 2 is 1.96 bits per heavy atom. The van der Waals surface area contributed by atoms with Crippen LogP contribution in [-0.4, -0.2) is 58.9 Å². The third kappa shape index (κ3) is 6.79. The molecular formula is C15H21N3O5. The molecule has 0 aliphatic carbocycles. The summed E-state index contributed by atoms with van der Waals surface area (Å²) in [5.41, 5.74) is 1.16. The van der Waals surface area contributed by atoms with E-state index in [0.29, 0.717) is 12.2 Å². The first-order chi connectivity index (χ1) is 10.9. The number of urea groups is 1. The minimum absolute atomic E-state index is 0.271. The van der Waals surface area contributed by atoms with Gasteiger partial charge < -0.3 is 19.7 Å². The fourth-order valence-electron chi connectivity index (χ4n) is 1.60. The number of benzene rings is 1. The molecule has 0 fully saturated rings. The molecule has 8 heteroatoms. The zero-order valence-corrected chi connectivity index (χ0v) is 13.4. The summed E-state index contributed by atoms with van der Waals surface area (Å²) in [7, 11) is 5.19. The molecule has 0 spiro atoms. The number of carbonyl (C=O) groups is 3. The number of ether oxygens (including phenoxy) is 2. The van der Waals surface area contributed by atoms with Crippen molar-refractivity contribution < 1.29 is 23.9 Å². The number of hydrogen-bond acceptors (Lipinski definition) is 6. The minimum Gasteiger partial charge on any atom is -0.452 e. The number of rotatable bonds is 7. The molecule has 0 aliphatic rings. The van der Waals surface area contributed by atoms with Crippen molar-refractivity contribution in [1.29, 1.82) is 0 Å². The van der Waals surface area contributed by atoms with Gasteiger partial charge in [0.1, 0.15) is 0 Å². The van der Waals surface area contributed by atoms with E-state index >= 15 is 0 Å². The lowest BCUT2D eigenvalue weighted by molar-refractivity contribution is -0.123. The maximum absolute atomic E-state index is 11.9. The number of methoxy groups -OCH3 is 1. The summed E-state index contributed by atoms with van der Waals surface area (Å²) in [6.45, 7) is 0.0638. The van der Waals surface area contributed by atoms with Gasteiger partial charge in [0.15, 0.2) is 6.61 Å². The van der Waals surface area contributed by atoms with Crippen LogP contribution in [0.2, 0.25) is 0 Å². The van der Waals surface area contributed by atoms with Gasteiger partial charge in [0.2, 0.25) is 0 Å². The highest BCUT2D eigenvalue weighted by molar-refractivity contribution is 5.97. The molecule has 0 radical (unpaired) electrons. The molecular weight excluding hydrogens is 302 g/mol. The second-order valence-electron chi connectivity index (χ2n) is 4.82. The summed E-state index contributed by atoms with van der Waals surface area (Å²) in [5.74, 6) is -1.35. The van der Waals surface area contributed by atoms with Crippen LogP contribution in [0.5, 0.6) is 0 Å². The minimum atomic E-state index is -0.711. The van der Waals surface area contributed by atoms with Crippen LogP contribution in [0, 0.1) is 0 Å². The lowest BCUT2D eigenvalue weighted by atomic mass is 10.2. The van der Waals surface area contributed by atoms with E-state index in [4.69, 9.17) is 9.47 Å². The second kappa shape index (κ2) is 9.42. The first-order valence-electron chi connectivity index (χ1n) is 6.95. The Morgan fingerprint density at radius 3 is 2.61 bits per heavy atom. The predicted molar refractivity (Wildman–Crippen MR) is 84.5 cm³/mol. The van der Waals surface area contributed by atoms with E-state index in [1.807, 2.05) is 30.4 Å². The molecule has 0 atom stereocenters. The van der Waals surface area contributed by atoms with E-state index in [1.54, 1.807) is 18.2 Å². The van der Waals surface area contributed by atoms with E-state index in [0.717, 1.165) is 5.69 Å². The van der Waals surface area contributed by atoms with E-state index in [1.165, 1.54) is 7.11 Å². The molecule has 23 heavy (non-hydrogen) atoms. The third-order valence-corrected chi connectivity index (χ3v) is 2.78. The number of carbonyl (C=O) groups excluding carboxylic acids is 3. The van der Waals surface area contributed by atoms with Crippen molar-refractivity contribution >= 4 is 23.6 Å². The van der Waals surface area contributed by atoms with E-state index in [9.17, 15) is 14.4 Å². The maximum Gasteiger partial charge on any atom is 0.338 e. The molecule has 0 aromatic heterocycles. The average molecular weight is 323 g/mol. The zero-order valence-electron chi connectivity index (χ0n) is 13.4. The largest absolute Gasteiger partial charge is 0.452 e.